The zero-order valence-corrected chi connectivity index (χ0v) is 13.7. The van der Waals surface area contributed by atoms with E-state index in [1.807, 2.05) is 23.7 Å². The summed E-state index contributed by atoms with van der Waals surface area (Å²) in [5.74, 6) is 0. The molecular formula is C16H26N4. The molecule has 1 N–H and O–H groups in total. The Hall–Kier alpha value is -1.42. The molecule has 0 bridgehead atoms. The highest BCUT2D eigenvalue weighted by molar-refractivity contribution is 5.42. The summed E-state index contributed by atoms with van der Waals surface area (Å²) in [5.41, 5.74) is 4.52. The molecule has 0 fully saturated rings. The number of nitrogens with zero attached hydrogens (tertiary/aromatic N) is 3. The van der Waals surface area contributed by atoms with Gasteiger partial charge in [-0.15, -0.1) is 0 Å². The standard InChI is InChI=1S/C16H26N4/c1-10-8-15-17-9-14(12(3)20(15)19-10)11(2)18-13(4)16(5,6)7/h8-9,11,13,18H,1-7H3. The van der Waals surface area contributed by atoms with Gasteiger partial charge in [0.15, 0.2) is 5.65 Å². The van der Waals surface area contributed by atoms with Crippen molar-refractivity contribution < 1.29 is 0 Å². The lowest BCUT2D eigenvalue weighted by Gasteiger charge is -2.31. The predicted molar refractivity (Wildman–Crippen MR) is 82.9 cm³/mol. The van der Waals surface area contributed by atoms with Gasteiger partial charge in [-0.05, 0) is 33.1 Å². The van der Waals surface area contributed by atoms with Crippen molar-refractivity contribution in [3.05, 3.63) is 29.2 Å². The smallest absolute Gasteiger partial charge is 0.155 e. The Bertz CT molecular complexity index is 607. The summed E-state index contributed by atoms with van der Waals surface area (Å²) in [6.07, 6.45) is 1.97. The number of nitrogens with one attached hydrogen (secondary N) is 1. The third-order valence-corrected chi connectivity index (χ3v) is 4.15. The number of aromatic nitrogens is 3. The first-order valence-electron chi connectivity index (χ1n) is 7.28. The zero-order valence-electron chi connectivity index (χ0n) is 13.7. The SMILES string of the molecule is Cc1cc2ncc(C(C)NC(C)C(C)(C)C)c(C)n2n1. The van der Waals surface area contributed by atoms with E-state index < -0.39 is 0 Å². The molecule has 4 nitrogen and oxygen atoms in total. The second-order valence-corrected chi connectivity index (χ2v) is 6.83. The fourth-order valence-electron chi connectivity index (χ4n) is 2.32. The van der Waals surface area contributed by atoms with Crippen LogP contribution < -0.4 is 5.32 Å². The highest BCUT2D eigenvalue weighted by Crippen LogP contribution is 2.24. The van der Waals surface area contributed by atoms with Crippen LogP contribution in [-0.2, 0) is 0 Å². The second-order valence-electron chi connectivity index (χ2n) is 6.83. The van der Waals surface area contributed by atoms with Crippen LogP contribution in [0.4, 0.5) is 0 Å². The molecule has 0 spiro atoms. The third-order valence-electron chi connectivity index (χ3n) is 4.15. The molecule has 0 aliphatic carbocycles. The molecule has 0 aliphatic rings. The summed E-state index contributed by atoms with van der Waals surface area (Å²) >= 11 is 0. The van der Waals surface area contributed by atoms with Crippen molar-refractivity contribution in [1.29, 1.82) is 0 Å². The molecule has 2 aromatic rings. The van der Waals surface area contributed by atoms with E-state index in [1.165, 1.54) is 5.56 Å². The van der Waals surface area contributed by atoms with Gasteiger partial charge in [-0.3, -0.25) is 0 Å². The van der Waals surface area contributed by atoms with Crippen molar-refractivity contribution in [3.8, 4) is 0 Å². The second kappa shape index (κ2) is 5.17. The Balaban J connectivity index is 2.30. The molecule has 4 heteroatoms. The maximum absolute atomic E-state index is 4.51. The minimum atomic E-state index is 0.238. The molecule has 2 heterocycles. The van der Waals surface area contributed by atoms with Gasteiger partial charge < -0.3 is 5.32 Å². The van der Waals surface area contributed by atoms with Crippen molar-refractivity contribution in [3.63, 3.8) is 0 Å². The van der Waals surface area contributed by atoms with Crippen molar-refractivity contribution in [2.45, 2.75) is 60.5 Å². The summed E-state index contributed by atoms with van der Waals surface area (Å²) in [5, 5.41) is 8.18. The van der Waals surface area contributed by atoms with E-state index in [0.717, 1.165) is 17.0 Å². The maximum Gasteiger partial charge on any atom is 0.155 e. The van der Waals surface area contributed by atoms with E-state index in [2.05, 4.69) is 56.9 Å². The van der Waals surface area contributed by atoms with E-state index in [4.69, 9.17) is 0 Å². The van der Waals surface area contributed by atoms with Crippen LogP contribution in [0.3, 0.4) is 0 Å². The number of hydrogen-bond acceptors (Lipinski definition) is 3. The minimum absolute atomic E-state index is 0.238. The predicted octanol–water partition coefficient (Wildman–Crippen LogP) is 3.43. The van der Waals surface area contributed by atoms with Gasteiger partial charge in [-0.2, -0.15) is 5.10 Å². The monoisotopic (exact) mass is 274 g/mol. The van der Waals surface area contributed by atoms with Crippen LogP contribution in [0.25, 0.3) is 5.65 Å². The molecular weight excluding hydrogens is 248 g/mol. The van der Waals surface area contributed by atoms with Gasteiger partial charge in [-0.25, -0.2) is 9.50 Å². The van der Waals surface area contributed by atoms with Gasteiger partial charge in [0.25, 0.3) is 0 Å². The topological polar surface area (TPSA) is 42.2 Å². The number of aryl methyl sites for hydroxylation is 2. The first-order valence-corrected chi connectivity index (χ1v) is 7.28. The van der Waals surface area contributed by atoms with Gasteiger partial charge >= 0.3 is 0 Å². The molecule has 20 heavy (non-hydrogen) atoms. The first-order chi connectivity index (χ1) is 9.20. The van der Waals surface area contributed by atoms with Gasteiger partial charge in [0.2, 0.25) is 0 Å². The lowest BCUT2D eigenvalue weighted by atomic mass is 9.87. The maximum atomic E-state index is 4.51. The Morgan fingerprint density at radius 1 is 1.20 bits per heavy atom. The fourth-order valence-corrected chi connectivity index (χ4v) is 2.32. The lowest BCUT2D eigenvalue weighted by molar-refractivity contribution is 0.267. The Morgan fingerprint density at radius 2 is 1.85 bits per heavy atom. The minimum Gasteiger partial charge on any atom is -0.307 e. The van der Waals surface area contributed by atoms with Crippen LogP contribution in [0.1, 0.15) is 57.6 Å². The van der Waals surface area contributed by atoms with E-state index in [-0.39, 0.29) is 11.5 Å². The fraction of sp³-hybridized carbons (Fsp3) is 0.625. The molecule has 0 saturated heterocycles. The van der Waals surface area contributed by atoms with E-state index in [1.54, 1.807) is 0 Å². The molecule has 2 atom stereocenters. The van der Waals surface area contributed by atoms with Crippen LogP contribution in [0, 0.1) is 19.3 Å². The highest BCUT2D eigenvalue weighted by Gasteiger charge is 2.23. The molecule has 2 rings (SSSR count). The quantitative estimate of drug-likeness (QED) is 0.932. The molecule has 0 saturated carbocycles. The zero-order chi connectivity index (χ0) is 15.1. The molecule has 0 radical (unpaired) electrons. The van der Waals surface area contributed by atoms with E-state index >= 15 is 0 Å². The largest absolute Gasteiger partial charge is 0.307 e. The van der Waals surface area contributed by atoms with Crippen LogP contribution in [-0.4, -0.2) is 20.6 Å². The Labute approximate surface area is 121 Å². The van der Waals surface area contributed by atoms with Crippen molar-refractivity contribution in [2.75, 3.05) is 0 Å². The van der Waals surface area contributed by atoms with Gasteiger partial charge in [0, 0.05) is 35.6 Å². The molecule has 2 aromatic heterocycles. The molecule has 0 amide bonds. The van der Waals surface area contributed by atoms with Crippen LogP contribution in [0.2, 0.25) is 0 Å². The summed E-state index contributed by atoms with van der Waals surface area (Å²) in [4.78, 5) is 4.51. The van der Waals surface area contributed by atoms with Crippen molar-refractivity contribution >= 4 is 5.65 Å². The van der Waals surface area contributed by atoms with E-state index in [0.29, 0.717) is 6.04 Å². The molecule has 0 aliphatic heterocycles. The summed E-state index contributed by atoms with van der Waals surface area (Å²) in [6.45, 7) is 15.3. The normalized spacial score (nSPS) is 15.6. The van der Waals surface area contributed by atoms with Crippen LogP contribution >= 0.6 is 0 Å². The molecule has 0 aromatic carbocycles. The average molecular weight is 274 g/mol. The first kappa shape index (κ1) is 15.0. The van der Waals surface area contributed by atoms with Gasteiger partial charge in [0.05, 0.1) is 5.69 Å². The van der Waals surface area contributed by atoms with Crippen LogP contribution in [0.5, 0.6) is 0 Å². The summed E-state index contributed by atoms with van der Waals surface area (Å²) < 4.78 is 1.94. The van der Waals surface area contributed by atoms with Gasteiger partial charge in [-0.1, -0.05) is 20.8 Å². The Kier molecular flexibility index (Phi) is 3.87. The number of hydrogen-bond donors (Lipinski definition) is 1. The lowest BCUT2D eigenvalue weighted by Crippen LogP contribution is -2.39. The summed E-state index contributed by atoms with van der Waals surface area (Å²) in [7, 11) is 0. The van der Waals surface area contributed by atoms with E-state index in [9.17, 15) is 0 Å². The number of fused-ring (bicyclic) bond motifs is 1. The van der Waals surface area contributed by atoms with Crippen molar-refractivity contribution in [1.82, 2.24) is 19.9 Å². The summed E-state index contributed by atoms with van der Waals surface area (Å²) in [6, 6.07) is 2.68. The van der Waals surface area contributed by atoms with Gasteiger partial charge in [0.1, 0.15) is 0 Å². The molecule has 2 unspecified atom stereocenters. The Morgan fingerprint density at radius 3 is 2.45 bits per heavy atom. The van der Waals surface area contributed by atoms with Crippen LogP contribution in [0.15, 0.2) is 12.3 Å². The average Bonchev–Trinajstić information content (AvgIpc) is 2.69. The third kappa shape index (κ3) is 2.85. The highest BCUT2D eigenvalue weighted by atomic mass is 15.3. The van der Waals surface area contributed by atoms with Crippen molar-refractivity contribution in [2.24, 2.45) is 5.41 Å². The molecule has 110 valence electrons. The number of rotatable bonds is 3.